The Hall–Kier alpha value is 1.42. The number of rotatable bonds is 0. The summed E-state index contributed by atoms with van der Waals surface area (Å²) in [7, 11) is 0. The number of piperidine rings is 1. The van der Waals surface area contributed by atoms with Gasteiger partial charge in [0, 0.05) is 13.9 Å². The highest BCUT2D eigenvalue weighted by atomic mass is 127. The second kappa shape index (κ2) is 3.21. The van der Waals surface area contributed by atoms with Crippen molar-refractivity contribution in [3.8, 4) is 0 Å². The molecule has 0 aromatic carbocycles. The van der Waals surface area contributed by atoms with Crippen molar-refractivity contribution in [2.75, 3.05) is 13.1 Å². The molecule has 0 radical (unpaired) electrons. The fourth-order valence-corrected chi connectivity index (χ4v) is 2.04. The highest BCUT2D eigenvalue weighted by Crippen LogP contribution is 2.33. The second-order valence-corrected chi connectivity index (χ2v) is 6.67. The van der Waals surface area contributed by atoms with Crippen molar-refractivity contribution in [3.63, 3.8) is 0 Å². The smallest absolute Gasteiger partial charge is 0.0378 e. The Morgan fingerprint density at radius 1 is 1.67 bits per heavy atom. The fourth-order valence-electron chi connectivity index (χ4n) is 0.931. The Bertz CT molecular complexity index is 103. The fraction of sp³-hybridized carbons (Fsp3) is 1.00. The molecule has 0 saturated carbocycles. The van der Waals surface area contributed by atoms with Gasteiger partial charge in [-0.2, -0.15) is 0 Å². The summed E-state index contributed by atoms with van der Waals surface area (Å²) in [5.74, 6) is 0. The summed E-state index contributed by atoms with van der Waals surface area (Å²) in [6.07, 6.45) is 1.31. The number of hydrogen-bond acceptors (Lipinski definition) is 1. The summed E-state index contributed by atoms with van der Waals surface area (Å²) in [6, 6.07) is 0. The summed E-state index contributed by atoms with van der Waals surface area (Å²) >= 11 is 5.10. The van der Waals surface area contributed by atoms with Crippen molar-refractivity contribution in [3.05, 3.63) is 0 Å². The van der Waals surface area contributed by atoms with Crippen LogP contribution in [-0.2, 0) is 0 Å². The lowest BCUT2D eigenvalue weighted by atomic mass is 10.0. The first-order chi connectivity index (χ1) is 4.13. The Morgan fingerprint density at radius 2 is 2.33 bits per heavy atom. The van der Waals surface area contributed by atoms with Gasteiger partial charge in [-0.15, -0.1) is 0 Å². The molecule has 0 spiro atoms. The van der Waals surface area contributed by atoms with E-state index in [1.807, 2.05) is 0 Å². The lowest BCUT2D eigenvalue weighted by molar-refractivity contribution is 0.479. The van der Waals surface area contributed by atoms with Crippen LogP contribution in [0.1, 0.15) is 13.3 Å². The molecule has 2 atom stereocenters. The van der Waals surface area contributed by atoms with E-state index in [2.05, 4.69) is 57.4 Å². The summed E-state index contributed by atoms with van der Waals surface area (Å²) in [6.45, 7) is 4.71. The van der Waals surface area contributed by atoms with Crippen LogP contribution in [-0.4, -0.2) is 20.4 Å². The molecule has 2 unspecified atom stereocenters. The van der Waals surface area contributed by atoms with Crippen LogP contribution in [0.4, 0.5) is 0 Å². The second-order valence-electron chi connectivity index (χ2n) is 2.70. The van der Waals surface area contributed by atoms with Gasteiger partial charge in [0.25, 0.3) is 0 Å². The Balaban J connectivity index is 2.49. The zero-order valence-electron chi connectivity index (χ0n) is 5.45. The van der Waals surface area contributed by atoms with E-state index in [0.717, 1.165) is 3.92 Å². The van der Waals surface area contributed by atoms with Crippen molar-refractivity contribution in [2.45, 2.75) is 20.7 Å². The molecule has 1 nitrogen and oxygen atoms in total. The van der Waals surface area contributed by atoms with Gasteiger partial charge in [0.15, 0.2) is 0 Å². The van der Waals surface area contributed by atoms with E-state index in [1.54, 1.807) is 0 Å². The van der Waals surface area contributed by atoms with Crippen LogP contribution in [0.5, 0.6) is 0 Å². The van der Waals surface area contributed by atoms with Crippen LogP contribution in [0.25, 0.3) is 0 Å². The minimum atomic E-state index is 0.531. The normalized spacial score (nSPS) is 45.0. The first-order valence-electron chi connectivity index (χ1n) is 3.16. The summed E-state index contributed by atoms with van der Waals surface area (Å²) in [5, 5.41) is 3.38. The van der Waals surface area contributed by atoms with E-state index in [4.69, 9.17) is 0 Å². The predicted octanol–water partition coefficient (Wildman–Crippen LogP) is 1.98. The van der Waals surface area contributed by atoms with E-state index < -0.39 is 0 Å². The maximum absolute atomic E-state index is 3.38. The largest absolute Gasteiger partial charge is 0.316 e. The molecule has 1 heterocycles. The minimum absolute atomic E-state index is 0.531. The van der Waals surface area contributed by atoms with E-state index >= 15 is 0 Å². The van der Waals surface area contributed by atoms with Crippen LogP contribution in [0.2, 0.25) is 0 Å². The van der Waals surface area contributed by atoms with Crippen LogP contribution in [0.3, 0.4) is 0 Å². The molecule has 0 aromatic heterocycles. The lowest BCUT2D eigenvalue weighted by Gasteiger charge is -2.33. The summed E-state index contributed by atoms with van der Waals surface area (Å²) in [4.78, 5) is 0. The van der Waals surface area contributed by atoms with Gasteiger partial charge < -0.3 is 5.32 Å². The molecule has 0 bridgehead atoms. The highest BCUT2D eigenvalue weighted by Gasteiger charge is 2.31. The zero-order valence-corrected chi connectivity index (χ0v) is 9.77. The topological polar surface area (TPSA) is 12.0 Å². The number of halogens is 2. The van der Waals surface area contributed by atoms with Gasteiger partial charge in [0.1, 0.15) is 0 Å². The quantitative estimate of drug-likeness (QED) is 0.520. The maximum atomic E-state index is 3.38. The third-order valence-corrected chi connectivity index (χ3v) is 6.07. The minimum Gasteiger partial charge on any atom is -0.316 e. The van der Waals surface area contributed by atoms with Gasteiger partial charge in [-0.3, -0.25) is 0 Å². The van der Waals surface area contributed by atoms with Gasteiger partial charge in [0.05, 0.1) is 0 Å². The zero-order chi connectivity index (χ0) is 6.91. The first kappa shape index (κ1) is 8.52. The van der Waals surface area contributed by atoms with Crippen molar-refractivity contribution in [1.82, 2.24) is 5.32 Å². The van der Waals surface area contributed by atoms with Crippen molar-refractivity contribution in [1.29, 1.82) is 0 Å². The number of nitrogens with one attached hydrogen (secondary N) is 1. The third kappa shape index (κ3) is 2.18. The molecule has 3 heteroatoms. The van der Waals surface area contributed by atoms with E-state index in [-0.39, 0.29) is 0 Å². The number of hydrogen-bond donors (Lipinski definition) is 1. The predicted molar refractivity (Wildman–Crippen MR) is 57.7 cm³/mol. The standard InChI is InChI=1S/C6H11I2N/c1-6(8)2-3-9-4-5(6)7/h5,9H,2-4H2,1H3. The average molecular weight is 351 g/mol. The SMILES string of the molecule is CC1(I)CCNCC1I. The summed E-state index contributed by atoms with van der Waals surface area (Å²) in [5.41, 5.74) is 0. The van der Waals surface area contributed by atoms with Crippen molar-refractivity contribution < 1.29 is 0 Å². The summed E-state index contributed by atoms with van der Waals surface area (Å²) < 4.78 is 1.33. The Kier molecular flexibility index (Phi) is 3.04. The highest BCUT2D eigenvalue weighted by molar-refractivity contribution is 14.1. The van der Waals surface area contributed by atoms with E-state index in [0.29, 0.717) is 3.42 Å². The van der Waals surface area contributed by atoms with Crippen LogP contribution >= 0.6 is 45.2 Å². The van der Waals surface area contributed by atoms with Gasteiger partial charge >= 0.3 is 0 Å². The molecule has 0 aromatic rings. The van der Waals surface area contributed by atoms with Crippen LogP contribution in [0, 0.1) is 0 Å². The molecule has 54 valence electrons. The molecule has 0 aliphatic carbocycles. The first-order valence-corrected chi connectivity index (χ1v) is 5.49. The van der Waals surface area contributed by atoms with Crippen LogP contribution in [0.15, 0.2) is 0 Å². The Morgan fingerprint density at radius 3 is 2.67 bits per heavy atom. The van der Waals surface area contributed by atoms with E-state index in [1.165, 1.54) is 19.5 Å². The molecule has 1 aliphatic rings. The van der Waals surface area contributed by atoms with Gasteiger partial charge in [-0.1, -0.05) is 45.2 Å². The molecular weight excluding hydrogens is 340 g/mol. The average Bonchev–Trinajstić information content (AvgIpc) is 1.77. The Labute approximate surface area is 83.6 Å². The monoisotopic (exact) mass is 351 g/mol. The molecular formula is C6H11I2N. The van der Waals surface area contributed by atoms with E-state index in [9.17, 15) is 0 Å². The molecule has 1 rings (SSSR count). The molecule has 0 amide bonds. The molecule has 1 saturated heterocycles. The van der Waals surface area contributed by atoms with Crippen LogP contribution < -0.4 is 5.32 Å². The van der Waals surface area contributed by atoms with Gasteiger partial charge in [-0.25, -0.2) is 0 Å². The molecule has 1 aliphatic heterocycles. The number of alkyl halides is 2. The van der Waals surface area contributed by atoms with Crippen molar-refractivity contribution >= 4 is 45.2 Å². The maximum Gasteiger partial charge on any atom is 0.0378 e. The van der Waals surface area contributed by atoms with Gasteiger partial charge in [-0.05, 0) is 19.9 Å². The lowest BCUT2D eigenvalue weighted by Crippen LogP contribution is -2.44. The third-order valence-electron chi connectivity index (χ3n) is 1.77. The van der Waals surface area contributed by atoms with Crippen molar-refractivity contribution in [2.24, 2.45) is 0 Å². The molecule has 1 fully saturated rings. The van der Waals surface area contributed by atoms with Gasteiger partial charge in [0.2, 0.25) is 0 Å². The molecule has 1 N–H and O–H groups in total. The molecule has 9 heavy (non-hydrogen) atoms.